The number of methoxy groups -OCH3 is 2. The number of likely N-dealkylation sites (N-methyl/N-ethyl adjacent to an activating group) is 1. The van der Waals surface area contributed by atoms with E-state index >= 15 is 0 Å². The molecule has 0 saturated heterocycles. The van der Waals surface area contributed by atoms with E-state index in [9.17, 15) is 4.79 Å². The van der Waals surface area contributed by atoms with Crippen LogP contribution in [0.2, 0.25) is 0 Å². The third-order valence-corrected chi connectivity index (χ3v) is 5.54. The van der Waals surface area contributed by atoms with Crippen molar-refractivity contribution in [3.05, 3.63) is 59.3 Å². The van der Waals surface area contributed by atoms with Gasteiger partial charge in [0.1, 0.15) is 11.5 Å². The maximum atomic E-state index is 13.1. The Labute approximate surface area is 158 Å². The summed E-state index contributed by atoms with van der Waals surface area (Å²) < 4.78 is 10.6. The average molecular weight is 364 g/mol. The number of nitrogens with one attached hydrogen (secondary N) is 1. The van der Waals surface area contributed by atoms with Crippen molar-refractivity contribution in [2.24, 2.45) is 0 Å². The van der Waals surface area contributed by atoms with E-state index in [2.05, 4.69) is 23.2 Å². The summed E-state index contributed by atoms with van der Waals surface area (Å²) in [6.45, 7) is 0. The number of carbonyl (C=O) groups is 1. The molecule has 0 saturated carbocycles. The lowest BCUT2D eigenvalue weighted by Crippen LogP contribution is -2.40. The summed E-state index contributed by atoms with van der Waals surface area (Å²) in [5.41, 5.74) is 4.40. The highest BCUT2D eigenvalue weighted by atomic mass is 16.5. The Balaban J connectivity index is 1.60. The van der Waals surface area contributed by atoms with Gasteiger partial charge >= 0.3 is 0 Å². The topological polar surface area (TPSA) is 54.6 Å². The van der Waals surface area contributed by atoms with Crippen molar-refractivity contribution in [2.45, 2.75) is 25.3 Å². The lowest BCUT2D eigenvalue weighted by Gasteiger charge is -2.31. The second-order valence-corrected chi connectivity index (χ2v) is 7.04. The minimum Gasteiger partial charge on any atom is -0.497 e. The van der Waals surface area contributed by atoms with E-state index in [-0.39, 0.29) is 11.9 Å². The van der Waals surface area contributed by atoms with E-state index in [1.165, 1.54) is 22.2 Å². The molecular weight excluding hydrogens is 340 g/mol. The molecule has 3 aromatic rings. The van der Waals surface area contributed by atoms with E-state index < -0.39 is 0 Å². The molecule has 1 heterocycles. The van der Waals surface area contributed by atoms with Crippen LogP contribution in [0.3, 0.4) is 0 Å². The number of hydrogen-bond donors (Lipinski definition) is 1. The highest BCUT2D eigenvalue weighted by molar-refractivity contribution is 5.95. The van der Waals surface area contributed by atoms with Crippen LogP contribution in [0.4, 0.5) is 0 Å². The summed E-state index contributed by atoms with van der Waals surface area (Å²) >= 11 is 0. The van der Waals surface area contributed by atoms with E-state index in [0.29, 0.717) is 17.1 Å². The fraction of sp³-hybridized carbons (Fsp3) is 0.318. The fourth-order valence-electron chi connectivity index (χ4n) is 3.98. The summed E-state index contributed by atoms with van der Waals surface area (Å²) in [5.74, 6) is 1.22. The smallest absolute Gasteiger partial charge is 0.254 e. The molecule has 0 fully saturated rings. The molecule has 140 valence electrons. The monoisotopic (exact) mass is 364 g/mol. The molecule has 5 nitrogen and oxygen atoms in total. The maximum absolute atomic E-state index is 13.1. The second-order valence-electron chi connectivity index (χ2n) is 7.04. The minimum atomic E-state index is -0.0134. The van der Waals surface area contributed by atoms with Crippen LogP contribution in [0.1, 0.15) is 28.0 Å². The zero-order chi connectivity index (χ0) is 19.0. The first-order valence-corrected chi connectivity index (χ1v) is 9.19. The first kappa shape index (κ1) is 17.5. The molecule has 0 spiro atoms. The minimum absolute atomic E-state index is 0.0134. The van der Waals surface area contributed by atoms with Crippen LogP contribution in [0.5, 0.6) is 11.5 Å². The molecule has 1 amide bonds. The molecule has 5 heteroatoms. The highest BCUT2D eigenvalue weighted by Gasteiger charge is 2.28. The second kappa shape index (κ2) is 6.99. The maximum Gasteiger partial charge on any atom is 0.254 e. The molecule has 1 aliphatic carbocycles. The summed E-state index contributed by atoms with van der Waals surface area (Å²) in [6, 6.07) is 13.9. The van der Waals surface area contributed by atoms with Gasteiger partial charge in [0.15, 0.2) is 0 Å². The molecular formula is C22H24N2O3. The first-order chi connectivity index (χ1) is 13.1. The highest BCUT2D eigenvalue weighted by Crippen LogP contribution is 2.31. The number of fused-ring (bicyclic) bond motifs is 3. The number of rotatable bonds is 4. The molecule has 1 atom stereocenters. The Morgan fingerprint density at radius 1 is 1.11 bits per heavy atom. The van der Waals surface area contributed by atoms with Gasteiger partial charge in [0, 0.05) is 41.3 Å². The Bertz CT molecular complexity index is 970. The third-order valence-electron chi connectivity index (χ3n) is 5.54. The van der Waals surface area contributed by atoms with E-state index in [4.69, 9.17) is 9.47 Å². The molecule has 1 aliphatic rings. The van der Waals surface area contributed by atoms with Gasteiger partial charge in [-0.3, -0.25) is 4.79 Å². The van der Waals surface area contributed by atoms with Gasteiger partial charge in [0.25, 0.3) is 5.91 Å². The number of H-pyrrole nitrogens is 1. The molecule has 1 unspecified atom stereocenters. The summed E-state index contributed by atoms with van der Waals surface area (Å²) in [7, 11) is 5.07. The number of aromatic nitrogens is 1. The molecule has 27 heavy (non-hydrogen) atoms. The van der Waals surface area contributed by atoms with Crippen LogP contribution >= 0.6 is 0 Å². The fourth-order valence-corrected chi connectivity index (χ4v) is 3.98. The van der Waals surface area contributed by atoms with Crippen molar-refractivity contribution in [3.63, 3.8) is 0 Å². The molecule has 2 aromatic carbocycles. The Morgan fingerprint density at radius 2 is 1.81 bits per heavy atom. The van der Waals surface area contributed by atoms with E-state index in [1.807, 2.05) is 18.0 Å². The number of hydrogen-bond acceptors (Lipinski definition) is 3. The average Bonchev–Trinajstić information content (AvgIpc) is 3.10. The van der Waals surface area contributed by atoms with Crippen molar-refractivity contribution in [2.75, 3.05) is 21.3 Å². The number of ether oxygens (including phenoxy) is 2. The first-order valence-electron chi connectivity index (χ1n) is 9.19. The predicted molar refractivity (Wildman–Crippen MR) is 106 cm³/mol. The Kier molecular flexibility index (Phi) is 4.52. The van der Waals surface area contributed by atoms with Gasteiger partial charge in [-0.15, -0.1) is 0 Å². The van der Waals surface area contributed by atoms with Crippen molar-refractivity contribution in [1.29, 1.82) is 0 Å². The number of amides is 1. The largest absolute Gasteiger partial charge is 0.497 e. The number of aryl methyl sites for hydroxylation is 1. The number of benzene rings is 2. The molecule has 0 bridgehead atoms. The van der Waals surface area contributed by atoms with Crippen molar-refractivity contribution in [1.82, 2.24) is 9.88 Å². The molecule has 1 N–H and O–H groups in total. The Hall–Kier alpha value is -2.95. The zero-order valence-electron chi connectivity index (χ0n) is 15.9. The van der Waals surface area contributed by atoms with Crippen LogP contribution < -0.4 is 9.47 Å². The summed E-state index contributed by atoms with van der Waals surface area (Å²) in [6.07, 6.45) is 2.76. The lowest BCUT2D eigenvalue weighted by atomic mass is 9.90. The van der Waals surface area contributed by atoms with E-state index in [1.54, 1.807) is 32.4 Å². The van der Waals surface area contributed by atoms with Crippen molar-refractivity contribution in [3.8, 4) is 11.5 Å². The molecule has 0 aliphatic heterocycles. The zero-order valence-corrected chi connectivity index (χ0v) is 15.9. The van der Waals surface area contributed by atoms with Gasteiger partial charge in [-0.1, -0.05) is 18.2 Å². The number of para-hydroxylation sites is 1. The van der Waals surface area contributed by atoms with Gasteiger partial charge in [0.05, 0.1) is 14.2 Å². The van der Waals surface area contributed by atoms with Crippen molar-refractivity contribution >= 4 is 16.8 Å². The number of nitrogens with zero attached hydrogens (tertiary/aromatic N) is 1. The van der Waals surface area contributed by atoms with Crippen LogP contribution in [0.15, 0.2) is 42.5 Å². The molecule has 1 aromatic heterocycles. The Morgan fingerprint density at radius 3 is 2.52 bits per heavy atom. The standard InChI is InChI=1S/C22H24N2O3/c1-24(22(25)14-10-16(26-2)13-17(11-14)27-3)15-8-9-21-19(12-15)18-6-4-5-7-20(18)23-21/h4-7,10-11,13,15,23H,8-9,12H2,1-3H3. The van der Waals surface area contributed by atoms with Crippen molar-refractivity contribution < 1.29 is 14.3 Å². The molecule has 4 rings (SSSR count). The number of carbonyl (C=O) groups excluding carboxylic acids is 1. The normalized spacial score (nSPS) is 16.0. The quantitative estimate of drug-likeness (QED) is 0.766. The lowest BCUT2D eigenvalue weighted by molar-refractivity contribution is 0.0718. The van der Waals surface area contributed by atoms with Gasteiger partial charge in [0.2, 0.25) is 0 Å². The third kappa shape index (κ3) is 3.14. The van der Waals surface area contributed by atoms with Gasteiger partial charge < -0.3 is 19.4 Å². The van der Waals surface area contributed by atoms with Crippen LogP contribution in [0.25, 0.3) is 10.9 Å². The van der Waals surface area contributed by atoms with Crippen LogP contribution in [-0.2, 0) is 12.8 Å². The van der Waals surface area contributed by atoms with Gasteiger partial charge in [-0.2, -0.15) is 0 Å². The van der Waals surface area contributed by atoms with E-state index in [0.717, 1.165) is 19.3 Å². The summed E-state index contributed by atoms with van der Waals surface area (Å²) in [5, 5.41) is 1.26. The van der Waals surface area contributed by atoms with Gasteiger partial charge in [-0.05, 0) is 43.0 Å². The summed E-state index contributed by atoms with van der Waals surface area (Å²) in [4.78, 5) is 18.5. The van der Waals surface area contributed by atoms with Crippen LogP contribution in [0, 0.1) is 0 Å². The number of aromatic amines is 1. The predicted octanol–water partition coefficient (Wildman–Crippen LogP) is 3.81. The van der Waals surface area contributed by atoms with Gasteiger partial charge in [-0.25, -0.2) is 0 Å². The SMILES string of the molecule is COc1cc(OC)cc(C(=O)N(C)C2CCc3[nH]c4ccccc4c3C2)c1. The molecule has 0 radical (unpaired) electrons. The van der Waals surface area contributed by atoms with Crippen LogP contribution in [-0.4, -0.2) is 43.1 Å².